The maximum atomic E-state index is 4.09. The van der Waals surface area contributed by atoms with Gasteiger partial charge in [-0.15, -0.1) is 24.8 Å². The maximum absolute atomic E-state index is 4.09. The van der Waals surface area contributed by atoms with Crippen LogP contribution in [0.4, 0.5) is 0 Å². The van der Waals surface area contributed by atoms with Gasteiger partial charge in [0.25, 0.3) is 0 Å². The molecule has 2 aromatic heterocycles. The number of rotatable bonds is 2. The van der Waals surface area contributed by atoms with Crippen molar-refractivity contribution >= 4 is 24.8 Å². The average Bonchev–Trinajstić information content (AvgIpc) is 2.41. The van der Waals surface area contributed by atoms with Crippen molar-refractivity contribution in [2.45, 2.75) is 9.62 Å². The fraction of sp³-hybridized carbons (Fsp3) is 0.167. The molecule has 6 heteroatoms. The van der Waals surface area contributed by atoms with Crippen LogP contribution in [0, 0.1) is 0 Å². The van der Waals surface area contributed by atoms with Crippen LogP contribution in [0.1, 0.15) is 11.4 Å². The van der Waals surface area contributed by atoms with Gasteiger partial charge < -0.3 is 0 Å². The number of nitrogens with zero attached hydrogens (tertiary/aromatic N) is 2. The predicted octanol–water partition coefficient (Wildman–Crippen LogP) is 3.10. The Morgan fingerprint density at radius 2 is 1.11 bits per heavy atom. The number of hydrogen-bond donors (Lipinski definition) is 0. The molecule has 2 heterocycles. The molecule has 0 spiro atoms. The third-order valence-corrected chi connectivity index (χ3v) is 3.33. The molecule has 0 aromatic carbocycles. The monoisotopic (exact) mass is 646 g/mol. The summed E-state index contributed by atoms with van der Waals surface area (Å²) in [4.78, 5) is 10.2. The van der Waals surface area contributed by atoms with E-state index < -0.39 is 0 Å². The molecule has 2 rings (SSSR count). The van der Waals surface area contributed by atoms with Crippen LogP contribution >= 0.6 is 24.8 Å². The van der Waals surface area contributed by atoms with E-state index >= 15 is 0 Å². The second-order valence-electron chi connectivity index (χ2n) is 2.87. The van der Waals surface area contributed by atoms with E-state index in [1.807, 2.05) is 48.8 Å². The molecule has 0 saturated heterocycles. The number of hydrogen-bond acceptors (Lipinski definition) is 2. The van der Waals surface area contributed by atoms with Crippen LogP contribution in [0.3, 0.4) is 0 Å². The van der Waals surface area contributed by atoms with Gasteiger partial charge in [-0.1, -0.05) is 0 Å². The first-order chi connectivity index (χ1) is 7.86. The Morgan fingerprint density at radius 3 is 1.28 bits per heavy atom. The zero-order chi connectivity index (χ0) is 11.6. The molecular weight excluding hydrogens is 633 g/mol. The summed E-state index contributed by atoms with van der Waals surface area (Å²) >= 11 is 4.55. The third-order valence-electron chi connectivity index (χ3n) is 1.68. The van der Waals surface area contributed by atoms with Gasteiger partial charge in [0.15, 0.2) is 0 Å². The second-order valence-corrected chi connectivity index (χ2v) is 4.47. The summed E-state index contributed by atoms with van der Waals surface area (Å²) in [5.74, 6) is 0. The van der Waals surface area contributed by atoms with Gasteiger partial charge in [0.05, 0.1) is 0 Å². The fourth-order valence-corrected chi connectivity index (χ4v) is 1.88. The molecule has 18 heavy (non-hydrogen) atoms. The van der Waals surface area contributed by atoms with Crippen LogP contribution in [0.15, 0.2) is 48.8 Å². The van der Waals surface area contributed by atoms with Gasteiger partial charge in [0.1, 0.15) is 0 Å². The van der Waals surface area contributed by atoms with Crippen LogP contribution < -0.4 is 0 Å². The molecule has 0 N–H and O–H groups in total. The molecule has 0 aliphatic heterocycles. The summed E-state index contributed by atoms with van der Waals surface area (Å²) in [7, 11) is 0. The molecule has 0 fully saturated rings. The first-order valence-electron chi connectivity index (χ1n) is 4.70. The molecule has 0 aliphatic carbocycles. The molecule has 0 atom stereocenters. The van der Waals surface area contributed by atoms with E-state index in [0.717, 1.165) is 21.0 Å². The van der Waals surface area contributed by atoms with Crippen molar-refractivity contribution < 1.29 is 39.6 Å². The molecule has 2 aromatic rings. The summed E-state index contributed by atoms with van der Waals surface area (Å²) in [6.45, 7) is 0. The average molecular weight is 647 g/mol. The quantitative estimate of drug-likeness (QED) is 0.502. The number of pyridine rings is 2. The molecule has 0 radical (unpaired) electrons. The number of aromatic nitrogens is 2. The SMILES string of the molecule is Cl.Cl.[Pt][CH2]c1ccccn1.[Pt][CH2]c1ccccn1. The van der Waals surface area contributed by atoms with E-state index in [1.165, 1.54) is 0 Å². The molecule has 2 nitrogen and oxygen atoms in total. The third kappa shape index (κ3) is 9.22. The zero-order valence-electron chi connectivity index (χ0n) is 9.38. The van der Waals surface area contributed by atoms with Crippen LogP contribution in [0.25, 0.3) is 0 Å². The van der Waals surface area contributed by atoms with Crippen molar-refractivity contribution in [1.29, 1.82) is 0 Å². The Kier molecular flexibility index (Phi) is 15.6. The van der Waals surface area contributed by atoms with Crippen LogP contribution in [-0.4, -0.2) is 9.97 Å². The Bertz CT molecular complexity index is 348. The van der Waals surface area contributed by atoms with Crippen molar-refractivity contribution in [3.8, 4) is 0 Å². The Balaban J connectivity index is 0. The van der Waals surface area contributed by atoms with E-state index in [1.54, 1.807) is 0 Å². The van der Waals surface area contributed by atoms with Crippen molar-refractivity contribution in [2.75, 3.05) is 0 Å². The standard InChI is InChI=1S/2C6H6N.2ClH.2Pt/c2*1-6-4-2-3-5-7-6;;;;/h2*2-5H,1H2;2*1H;;. The fourth-order valence-electron chi connectivity index (χ4n) is 0.929. The summed E-state index contributed by atoms with van der Waals surface area (Å²) < 4.78 is 0. The summed E-state index contributed by atoms with van der Waals surface area (Å²) in [5, 5.41) is 0. The van der Waals surface area contributed by atoms with Gasteiger partial charge in [-0.05, 0) is 0 Å². The Hall–Kier alpha value is 0.257. The van der Waals surface area contributed by atoms with Gasteiger partial charge in [-0.3, -0.25) is 0 Å². The van der Waals surface area contributed by atoms with Crippen LogP contribution in [0.5, 0.6) is 0 Å². The van der Waals surface area contributed by atoms with E-state index in [9.17, 15) is 0 Å². The summed E-state index contributed by atoms with van der Waals surface area (Å²) in [5.41, 5.74) is 2.29. The van der Waals surface area contributed by atoms with Crippen molar-refractivity contribution in [3.63, 3.8) is 0 Å². The van der Waals surface area contributed by atoms with Crippen molar-refractivity contribution in [1.82, 2.24) is 9.97 Å². The van der Waals surface area contributed by atoms with Gasteiger partial charge in [-0.2, -0.15) is 0 Å². The van der Waals surface area contributed by atoms with Gasteiger partial charge >= 0.3 is 119 Å². The van der Waals surface area contributed by atoms with Crippen molar-refractivity contribution in [3.05, 3.63) is 60.2 Å². The van der Waals surface area contributed by atoms with E-state index in [4.69, 9.17) is 0 Å². The zero-order valence-corrected chi connectivity index (χ0v) is 15.6. The molecule has 0 saturated carbocycles. The first-order valence-corrected chi connectivity index (χ1v) is 7.91. The van der Waals surface area contributed by atoms with Gasteiger partial charge in [0.2, 0.25) is 0 Å². The second kappa shape index (κ2) is 13.7. The van der Waals surface area contributed by atoms with Crippen LogP contribution in [-0.2, 0) is 49.2 Å². The molecule has 0 unspecified atom stereocenters. The summed E-state index contributed by atoms with van der Waals surface area (Å²) in [6, 6.07) is 11.9. The molecular formula is C12H14Cl2N2Pt2. The van der Waals surface area contributed by atoms with Crippen molar-refractivity contribution in [2.24, 2.45) is 0 Å². The van der Waals surface area contributed by atoms with Gasteiger partial charge in [-0.25, -0.2) is 0 Å². The predicted molar refractivity (Wildman–Crippen MR) is 70.4 cm³/mol. The van der Waals surface area contributed by atoms with E-state index in [-0.39, 0.29) is 24.8 Å². The minimum absolute atomic E-state index is 0. The summed E-state index contributed by atoms with van der Waals surface area (Å²) in [6.07, 6.45) is 3.63. The minimum atomic E-state index is 0. The molecule has 0 bridgehead atoms. The molecule has 0 amide bonds. The molecule has 0 aliphatic rings. The van der Waals surface area contributed by atoms with E-state index in [0.29, 0.717) is 0 Å². The molecule has 106 valence electrons. The Morgan fingerprint density at radius 1 is 0.722 bits per heavy atom. The topological polar surface area (TPSA) is 25.8 Å². The number of halogens is 2. The van der Waals surface area contributed by atoms with E-state index in [2.05, 4.69) is 49.6 Å². The van der Waals surface area contributed by atoms with Gasteiger partial charge in [0, 0.05) is 0 Å². The Labute approximate surface area is 143 Å². The normalized spacial score (nSPS) is 8.22. The van der Waals surface area contributed by atoms with Crippen LogP contribution in [0.2, 0.25) is 0 Å². The first kappa shape index (κ1) is 20.6.